The highest BCUT2D eigenvalue weighted by atomic mass is 32.2. The Bertz CT molecular complexity index is 897. The predicted molar refractivity (Wildman–Crippen MR) is 128 cm³/mol. The van der Waals surface area contributed by atoms with Gasteiger partial charge in [-0.05, 0) is 37.7 Å². The molecule has 35 heavy (non-hydrogen) atoms. The average Bonchev–Trinajstić information content (AvgIpc) is 3.50. The van der Waals surface area contributed by atoms with Crippen molar-refractivity contribution in [2.24, 2.45) is 11.5 Å². The number of H-pyrrole nitrogens is 1. The van der Waals surface area contributed by atoms with Crippen LogP contribution >= 0.6 is 11.8 Å². The number of thioether (sulfide) groups is 1. The Balaban J connectivity index is 2.12. The van der Waals surface area contributed by atoms with Crippen molar-refractivity contribution in [3.63, 3.8) is 0 Å². The van der Waals surface area contributed by atoms with Crippen LogP contribution in [0.4, 0.5) is 0 Å². The molecule has 0 aliphatic carbocycles. The Morgan fingerprint density at radius 3 is 2.54 bits per heavy atom. The lowest BCUT2D eigenvalue weighted by molar-refractivity contribution is -0.149. The standard InChI is InChI=1S/C21H33N7O6S/c1-35-8-6-14(26-18(30)13(22)9-12-10-24-11-25-12)19(31)27-15(4-5-17(23)29)20(32)28-7-2-3-16(28)21(33)34/h10-11,13-16H,2-9,22H2,1H3,(H2,23,29)(H,24,25)(H,26,30)(H,27,31)(H,33,34). The largest absolute Gasteiger partial charge is 0.480 e. The summed E-state index contributed by atoms with van der Waals surface area (Å²) in [6.07, 6.45) is 5.86. The van der Waals surface area contributed by atoms with E-state index in [4.69, 9.17) is 11.5 Å². The number of hydrogen-bond donors (Lipinski definition) is 6. The molecule has 14 heteroatoms. The number of carbonyl (C=O) groups excluding carboxylic acids is 4. The minimum atomic E-state index is -1.16. The van der Waals surface area contributed by atoms with Gasteiger partial charge in [-0.2, -0.15) is 11.8 Å². The normalized spacial score (nSPS) is 17.9. The van der Waals surface area contributed by atoms with Gasteiger partial charge in [0.15, 0.2) is 0 Å². The van der Waals surface area contributed by atoms with Crippen molar-refractivity contribution in [3.8, 4) is 0 Å². The lowest BCUT2D eigenvalue weighted by Crippen LogP contribution is -2.57. The second-order valence-electron chi connectivity index (χ2n) is 8.32. The van der Waals surface area contributed by atoms with Gasteiger partial charge in [0.2, 0.25) is 23.6 Å². The molecule has 2 heterocycles. The van der Waals surface area contributed by atoms with Crippen LogP contribution in [0.3, 0.4) is 0 Å². The number of imidazole rings is 1. The molecule has 13 nitrogen and oxygen atoms in total. The molecule has 0 spiro atoms. The molecule has 1 fully saturated rings. The monoisotopic (exact) mass is 511 g/mol. The van der Waals surface area contributed by atoms with Gasteiger partial charge in [-0.15, -0.1) is 0 Å². The third-order valence-electron chi connectivity index (χ3n) is 5.69. The quantitative estimate of drug-likeness (QED) is 0.168. The first-order valence-electron chi connectivity index (χ1n) is 11.3. The van der Waals surface area contributed by atoms with E-state index >= 15 is 0 Å². The molecular weight excluding hydrogens is 478 g/mol. The van der Waals surface area contributed by atoms with E-state index in [0.717, 1.165) is 0 Å². The van der Waals surface area contributed by atoms with Gasteiger partial charge in [0.05, 0.1) is 12.4 Å². The van der Waals surface area contributed by atoms with Crippen LogP contribution in [0.1, 0.15) is 37.8 Å². The van der Waals surface area contributed by atoms with Crippen molar-refractivity contribution in [2.45, 2.75) is 62.7 Å². The number of carbonyl (C=O) groups is 5. The van der Waals surface area contributed by atoms with Gasteiger partial charge >= 0.3 is 5.97 Å². The summed E-state index contributed by atoms with van der Waals surface area (Å²) >= 11 is 1.47. The molecule has 0 aromatic carbocycles. The summed E-state index contributed by atoms with van der Waals surface area (Å²) in [6, 6.07) is -4.08. The number of aliphatic carboxylic acids is 1. The van der Waals surface area contributed by atoms with E-state index in [1.807, 2.05) is 6.26 Å². The highest BCUT2D eigenvalue weighted by molar-refractivity contribution is 7.98. The fourth-order valence-corrected chi connectivity index (χ4v) is 4.28. The molecule has 2 rings (SSSR count). The molecule has 8 N–H and O–H groups in total. The highest BCUT2D eigenvalue weighted by Crippen LogP contribution is 2.20. The van der Waals surface area contributed by atoms with Crippen molar-refractivity contribution in [1.82, 2.24) is 25.5 Å². The number of likely N-dealkylation sites (tertiary alicyclic amines) is 1. The van der Waals surface area contributed by atoms with Gasteiger partial charge in [0.25, 0.3) is 0 Å². The van der Waals surface area contributed by atoms with Gasteiger partial charge < -0.3 is 37.1 Å². The molecule has 0 saturated carbocycles. The Labute approximate surface area is 207 Å². The highest BCUT2D eigenvalue weighted by Gasteiger charge is 2.38. The van der Waals surface area contributed by atoms with E-state index in [9.17, 15) is 29.1 Å². The smallest absolute Gasteiger partial charge is 0.326 e. The van der Waals surface area contributed by atoms with Crippen LogP contribution in [0.2, 0.25) is 0 Å². The van der Waals surface area contributed by atoms with Crippen molar-refractivity contribution in [2.75, 3.05) is 18.6 Å². The maximum Gasteiger partial charge on any atom is 0.326 e. The third-order valence-corrected chi connectivity index (χ3v) is 6.33. The maximum absolute atomic E-state index is 13.1. The zero-order valence-corrected chi connectivity index (χ0v) is 20.4. The lowest BCUT2D eigenvalue weighted by Gasteiger charge is -2.29. The summed E-state index contributed by atoms with van der Waals surface area (Å²) in [6.45, 7) is 0.230. The van der Waals surface area contributed by atoms with Crippen LogP contribution < -0.4 is 22.1 Å². The third kappa shape index (κ3) is 8.55. The first kappa shape index (κ1) is 28.1. The zero-order chi connectivity index (χ0) is 26.0. The molecule has 1 aliphatic heterocycles. The Hall–Kier alpha value is -3.13. The van der Waals surface area contributed by atoms with Crippen molar-refractivity contribution in [3.05, 3.63) is 18.2 Å². The minimum absolute atomic E-state index is 0.0920. The maximum atomic E-state index is 13.1. The Kier molecular flexibility index (Phi) is 11.0. The Morgan fingerprint density at radius 2 is 1.94 bits per heavy atom. The lowest BCUT2D eigenvalue weighted by atomic mass is 10.1. The van der Waals surface area contributed by atoms with Crippen molar-refractivity contribution in [1.29, 1.82) is 0 Å². The predicted octanol–water partition coefficient (Wildman–Crippen LogP) is -1.66. The molecule has 194 valence electrons. The Morgan fingerprint density at radius 1 is 1.23 bits per heavy atom. The SMILES string of the molecule is CSCCC(NC(=O)C(N)Cc1cnc[nH]1)C(=O)NC(CCC(N)=O)C(=O)N1CCCC1C(=O)O. The second kappa shape index (κ2) is 13.7. The van der Waals surface area contributed by atoms with Crippen LogP contribution in [0.25, 0.3) is 0 Å². The first-order chi connectivity index (χ1) is 16.6. The number of aromatic amines is 1. The number of aromatic nitrogens is 2. The van der Waals surface area contributed by atoms with E-state index in [-0.39, 0.29) is 32.2 Å². The fourth-order valence-electron chi connectivity index (χ4n) is 3.81. The molecule has 1 aliphatic rings. The van der Waals surface area contributed by atoms with Crippen LogP contribution in [0, 0.1) is 0 Å². The number of carboxylic acids is 1. The molecule has 0 radical (unpaired) electrons. The van der Waals surface area contributed by atoms with Crippen LogP contribution in [-0.2, 0) is 30.4 Å². The van der Waals surface area contributed by atoms with E-state index < -0.39 is 53.8 Å². The molecule has 1 aromatic heterocycles. The van der Waals surface area contributed by atoms with Crippen LogP contribution in [0.15, 0.2) is 12.5 Å². The number of nitrogens with zero attached hydrogens (tertiary/aromatic N) is 2. The van der Waals surface area contributed by atoms with Gasteiger partial charge in [0.1, 0.15) is 18.1 Å². The number of nitrogens with one attached hydrogen (secondary N) is 3. The summed E-state index contributed by atoms with van der Waals surface area (Å²) in [4.78, 5) is 69.7. The molecular formula is C21H33N7O6S. The number of carboxylic acid groups (broad SMARTS) is 1. The molecule has 0 bridgehead atoms. The molecule has 4 atom stereocenters. The van der Waals surface area contributed by atoms with Gasteiger partial charge in [-0.25, -0.2) is 9.78 Å². The molecule has 4 amide bonds. The van der Waals surface area contributed by atoms with E-state index in [1.165, 1.54) is 23.0 Å². The van der Waals surface area contributed by atoms with Gasteiger partial charge in [0, 0.05) is 31.3 Å². The van der Waals surface area contributed by atoms with E-state index in [1.54, 1.807) is 6.20 Å². The number of hydrogen-bond acceptors (Lipinski definition) is 8. The molecule has 4 unspecified atom stereocenters. The molecule has 1 aromatic rings. The average molecular weight is 512 g/mol. The number of amides is 4. The zero-order valence-electron chi connectivity index (χ0n) is 19.6. The molecule has 1 saturated heterocycles. The summed E-state index contributed by atoms with van der Waals surface area (Å²) < 4.78 is 0. The number of primary amides is 1. The van der Waals surface area contributed by atoms with Crippen LogP contribution in [-0.4, -0.2) is 92.3 Å². The number of nitrogens with two attached hydrogens (primary N) is 2. The topological polar surface area (TPSA) is 214 Å². The van der Waals surface area contributed by atoms with Crippen LogP contribution in [0.5, 0.6) is 0 Å². The number of rotatable bonds is 14. The van der Waals surface area contributed by atoms with Crippen molar-refractivity contribution >= 4 is 41.4 Å². The van der Waals surface area contributed by atoms with Gasteiger partial charge in [-0.1, -0.05) is 0 Å². The summed E-state index contributed by atoms with van der Waals surface area (Å²) in [5.41, 5.74) is 11.9. The van der Waals surface area contributed by atoms with E-state index in [2.05, 4.69) is 20.6 Å². The summed E-state index contributed by atoms with van der Waals surface area (Å²) in [5, 5.41) is 14.7. The first-order valence-corrected chi connectivity index (χ1v) is 12.7. The van der Waals surface area contributed by atoms with E-state index in [0.29, 0.717) is 24.3 Å². The second-order valence-corrected chi connectivity index (χ2v) is 9.31. The van der Waals surface area contributed by atoms with Gasteiger partial charge in [-0.3, -0.25) is 19.2 Å². The summed E-state index contributed by atoms with van der Waals surface area (Å²) in [5.74, 6) is -3.03. The fraction of sp³-hybridized carbons (Fsp3) is 0.619. The summed E-state index contributed by atoms with van der Waals surface area (Å²) in [7, 11) is 0. The minimum Gasteiger partial charge on any atom is -0.480 e. The van der Waals surface area contributed by atoms with Crippen molar-refractivity contribution < 1.29 is 29.1 Å².